The molecule has 2 fully saturated rings. The molecule has 1 N–H and O–H groups in total. The third-order valence-electron chi connectivity index (χ3n) is 4.37. The van der Waals surface area contributed by atoms with Crippen LogP contribution in [0.4, 0.5) is 10.1 Å². The minimum atomic E-state index is -0.192. The van der Waals surface area contributed by atoms with Crippen LogP contribution in [-0.4, -0.2) is 6.54 Å². The van der Waals surface area contributed by atoms with Crippen molar-refractivity contribution in [2.45, 2.75) is 25.7 Å². The lowest BCUT2D eigenvalue weighted by molar-refractivity contribution is 0.348. The lowest BCUT2D eigenvalue weighted by Crippen LogP contribution is -2.20. The molecule has 0 spiro atoms. The van der Waals surface area contributed by atoms with Gasteiger partial charge in [0.25, 0.3) is 0 Å². The molecule has 0 amide bonds. The smallest absolute Gasteiger partial charge is 0.124 e. The fourth-order valence-electron chi connectivity index (χ4n) is 3.50. The zero-order valence-electron chi connectivity index (χ0n) is 9.76. The van der Waals surface area contributed by atoms with Gasteiger partial charge in [-0.1, -0.05) is 6.42 Å². The summed E-state index contributed by atoms with van der Waals surface area (Å²) >= 11 is 3.40. The Bertz CT molecular complexity index is 421. The molecule has 0 radical (unpaired) electrons. The highest BCUT2D eigenvalue weighted by molar-refractivity contribution is 9.10. The molecule has 0 aromatic heterocycles. The fraction of sp³-hybridized carbons (Fsp3) is 0.571. The van der Waals surface area contributed by atoms with Crippen molar-refractivity contribution >= 4 is 21.6 Å². The van der Waals surface area contributed by atoms with Gasteiger partial charge < -0.3 is 5.32 Å². The maximum atomic E-state index is 13.0. The Morgan fingerprint density at radius 3 is 2.82 bits per heavy atom. The van der Waals surface area contributed by atoms with E-state index in [-0.39, 0.29) is 5.82 Å². The largest absolute Gasteiger partial charge is 0.384 e. The van der Waals surface area contributed by atoms with Crippen LogP contribution in [-0.2, 0) is 0 Å². The van der Waals surface area contributed by atoms with Crippen LogP contribution in [0.3, 0.4) is 0 Å². The number of nitrogens with one attached hydrogen (secondary N) is 1. The molecule has 0 heterocycles. The van der Waals surface area contributed by atoms with Gasteiger partial charge in [0.2, 0.25) is 0 Å². The van der Waals surface area contributed by atoms with Crippen LogP contribution in [0.15, 0.2) is 22.7 Å². The average molecular weight is 298 g/mol. The van der Waals surface area contributed by atoms with Crippen molar-refractivity contribution in [3.8, 4) is 0 Å². The van der Waals surface area contributed by atoms with Crippen LogP contribution in [0.2, 0.25) is 0 Å². The van der Waals surface area contributed by atoms with E-state index >= 15 is 0 Å². The Kier molecular flexibility index (Phi) is 3.12. The summed E-state index contributed by atoms with van der Waals surface area (Å²) in [5.41, 5.74) is 1.01. The molecular formula is C14H17BrFN. The van der Waals surface area contributed by atoms with Crippen LogP contribution in [0.5, 0.6) is 0 Å². The fourth-order valence-corrected chi connectivity index (χ4v) is 3.99. The van der Waals surface area contributed by atoms with Gasteiger partial charge >= 0.3 is 0 Å². The minimum Gasteiger partial charge on any atom is -0.384 e. The van der Waals surface area contributed by atoms with Gasteiger partial charge in [0.05, 0.1) is 0 Å². The van der Waals surface area contributed by atoms with E-state index < -0.39 is 0 Å². The van der Waals surface area contributed by atoms with E-state index in [4.69, 9.17) is 0 Å². The van der Waals surface area contributed by atoms with Crippen molar-refractivity contribution in [3.63, 3.8) is 0 Å². The summed E-state index contributed by atoms with van der Waals surface area (Å²) in [6.07, 6.45) is 5.69. The van der Waals surface area contributed by atoms with Gasteiger partial charge in [0.15, 0.2) is 0 Å². The van der Waals surface area contributed by atoms with Gasteiger partial charge in [-0.3, -0.25) is 0 Å². The predicted octanol–water partition coefficient (Wildman–Crippen LogP) is 4.44. The zero-order chi connectivity index (χ0) is 11.8. The van der Waals surface area contributed by atoms with Crippen molar-refractivity contribution in [3.05, 3.63) is 28.5 Å². The van der Waals surface area contributed by atoms with E-state index in [1.807, 2.05) is 6.07 Å². The van der Waals surface area contributed by atoms with Gasteiger partial charge in [0.1, 0.15) is 5.82 Å². The second kappa shape index (κ2) is 4.60. The van der Waals surface area contributed by atoms with Crippen molar-refractivity contribution in [2.75, 3.05) is 11.9 Å². The molecule has 0 aliphatic heterocycles. The van der Waals surface area contributed by atoms with Crippen molar-refractivity contribution in [1.29, 1.82) is 0 Å². The first-order chi connectivity index (χ1) is 8.22. The molecule has 0 saturated heterocycles. The Morgan fingerprint density at radius 1 is 1.29 bits per heavy atom. The van der Waals surface area contributed by atoms with Crippen LogP contribution in [0, 0.1) is 23.6 Å². The topological polar surface area (TPSA) is 12.0 Å². The number of anilines is 1. The summed E-state index contributed by atoms with van der Waals surface area (Å²) < 4.78 is 13.8. The van der Waals surface area contributed by atoms with E-state index in [1.54, 1.807) is 0 Å². The molecule has 2 bridgehead atoms. The first-order valence-electron chi connectivity index (χ1n) is 6.41. The molecule has 2 saturated carbocycles. The molecule has 92 valence electrons. The third kappa shape index (κ3) is 2.35. The van der Waals surface area contributed by atoms with Crippen LogP contribution in [0.25, 0.3) is 0 Å². The van der Waals surface area contributed by atoms with E-state index in [0.29, 0.717) is 0 Å². The van der Waals surface area contributed by atoms with Crippen molar-refractivity contribution in [1.82, 2.24) is 0 Å². The maximum Gasteiger partial charge on any atom is 0.124 e. The summed E-state index contributed by atoms with van der Waals surface area (Å²) in [6.45, 7) is 1.03. The molecule has 1 nitrogen and oxygen atoms in total. The minimum absolute atomic E-state index is 0.192. The van der Waals surface area contributed by atoms with E-state index in [2.05, 4.69) is 21.2 Å². The maximum absolute atomic E-state index is 13.0. The number of benzene rings is 1. The first-order valence-corrected chi connectivity index (χ1v) is 7.20. The molecule has 3 unspecified atom stereocenters. The van der Waals surface area contributed by atoms with Crippen molar-refractivity contribution < 1.29 is 4.39 Å². The number of hydrogen-bond acceptors (Lipinski definition) is 1. The number of fused-ring (bicyclic) bond motifs is 2. The number of halogens is 2. The first kappa shape index (κ1) is 11.5. The molecule has 3 heteroatoms. The molecule has 3 atom stereocenters. The highest BCUT2D eigenvalue weighted by Gasteiger charge is 2.39. The Hall–Kier alpha value is -0.570. The van der Waals surface area contributed by atoms with Gasteiger partial charge in [-0.2, -0.15) is 0 Å². The van der Waals surface area contributed by atoms with Gasteiger partial charge in [-0.15, -0.1) is 0 Å². The zero-order valence-corrected chi connectivity index (χ0v) is 11.3. The second-order valence-electron chi connectivity index (χ2n) is 5.44. The lowest BCUT2D eigenvalue weighted by atomic mass is 9.89. The SMILES string of the molecule is Fc1ccc(NCC2CC3CCC2C3)c(Br)c1. The normalized spacial score (nSPS) is 30.8. The molecular weight excluding hydrogens is 281 g/mol. The van der Waals surface area contributed by atoms with Crippen LogP contribution >= 0.6 is 15.9 Å². The van der Waals surface area contributed by atoms with Gasteiger partial charge in [0, 0.05) is 16.7 Å². The standard InChI is InChI=1S/C14H17BrFN/c15-13-7-12(16)3-4-14(13)17-8-11-6-9-1-2-10(11)5-9/h3-4,7,9-11,17H,1-2,5-6,8H2. The van der Waals surface area contributed by atoms with E-state index in [9.17, 15) is 4.39 Å². The Morgan fingerprint density at radius 2 is 2.18 bits per heavy atom. The van der Waals surface area contributed by atoms with E-state index in [1.165, 1.54) is 37.8 Å². The lowest BCUT2D eigenvalue weighted by Gasteiger charge is -2.22. The van der Waals surface area contributed by atoms with Crippen LogP contribution in [0.1, 0.15) is 25.7 Å². The summed E-state index contributed by atoms with van der Waals surface area (Å²) in [7, 11) is 0. The van der Waals surface area contributed by atoms with Gasteiger partial charge in [-0.25, -0.2) is 4.39 Å². The predicted molar refractivity (Wildman–Crippen MR) is 71.5 cm³/mol. The summed E-state index contributed by atoms with van der Waals surface area (Å²) in [5, 5.41) is 3.45. The molecule has 1 aromatic rings. The molecule has 3 rings (SSSR count). The van der Waals surface area contributed by atoms with Gasteiger partial charge in [-0.05, 0) is 71.1 Å². The molecule has 1 aromatic carbocycles. The van der Waals surface area contributed by atoms with Crippen molar-refractivity contribution in [2.24, 2.45) is 17.8 Å². The van der Waals surface area contributed by atoms with Crippen LogP contribution < -0.4 is 5.32 Å². The number of hydrogen-bond donors (Lipinski definition) is 1. The summed E-state index contributed by atoms with van der Waals surface area (Å²) in [4.78, 5) is 0. The average Bonchev–Trinajstić information content (AvgIpc) is 2.89. The Balaban J connectivity index is 1.60. The highest BCUT2D eigenvalue weighted by atomic mass is 79.9. The molecule has 17 heavy (non-hydrogen) atoms. The monoisotopic (exact) mass is 297 g/mol. The Labute approximate surface area is 110 Å². The molecule has 2 aliphatic carbocycles. The second-order valence-corrected chi connectivity index (χ2v) is 6.29. The summed E-state index contributed by atoms with van der Waals surface area (Å²) in [5.74, 6) is 2.56. The summed E-state index contributed by atoms with van der Waals surface area (Å²) in [6, 6.07) is 4.84. The number of rotatable bonds is 3. The van der Waals surface area contributed by atoms with E-state index in [0.717, 1.165) is 34.5 Å². The molecule has 2 aliphatic rings. The third-order valence-corrected chi connectivity index (χ3v) is 5.03. The highest BCUT2D eigenvalue weighted by Crippen LogP contribution is 2.48. The quantitative estimate of drug-likeness (QED) is 0.870.